The Bertz CT molecular complexity index is 825. The molecule has 9 heteroatoms. The largest absolute Gasteiger partial charge is 0.332 e. The molecule has 0 spiro atoms. The Balaban J connectivity index is 2.09. The Morgan fingerprint density at radius 2 is 1.83 bits per heavy atom. The summed E-state index contributed by atoms with van der Waals surface area (Å²) >= 11 is 16.7. The van der Waals surface area contributed by atoms with Crippen LogP contribution in [0.4, 0.5) is 11.4 Å². The maximum atomic E-state index is 12.1. The second-order valence-corrected chi connectivity index (χ2v) is 6.04. The number of nitrogens with zero attached hydrogens (tertiary/aromatic N) is 1. The van der Waals surface area contributed by atoms with Gasteiger partial charge in [0.1, 0.15) is 5.02 Å². The lowest BCUT2D eigenvalue weighted by atomic mass is 10.2. The van der Waals surface area contributed by atoms with Gasteiger partial charge in [0, 0.05) is 22.3 Å². The molecule has 0 aliphatic heterocycles. The molecule has 0 unspecified atom stereocenters. The van der Waals surface area contributed by atoms with Crippen LogP contribution in [0.5, 0.6) is 0 Å². The summed E-state index contributed by atoms with van der Waals surface area (Å²) in [5.41, 5.74) is 1.22. The number of hydrogen-bond acceptors (Lipinski definition) is 4. The molecule has 0 bridgehead atoms. The third kappa shape index (κ3) is 4.41. The number of rotatable bonds is 3. The molecule has 0 aliphatic rings. The molecule has 24 heavy (non-hydrogen) atoms. The van der Waals surface area contributed by atoms with Gasteiger partial charge in [-0.3, -0.25) is 20.2 Å². The van der Waals surface area contributed by atoms with Crippen molar-refractivity contribution in [2.45, 2.75) is 6.92 Å². The number of carbonyl (C=O) groups is 1. The number of aryl methyl sites for hydroxylation is 1. The predicted molar refractivity (Wildman–Crippen MR) is 98.0 cm³/mol. The summed E-state index contributed by atoms with van der Waals surface area (Å²) in [6, 6.07) is 9.02. The molecule has 2 N–H and O–H groups in total. The second-order valence-electron chi connectivity index (χ2n) is 4.79. The van der Waals surface area contributed by atoms with E-state index in [1.807, 2.05) is 0 Å². The Morgan fingerprint density at radius 1 is 1.21 bits per heavy atom. The first-order valence-corrected chi connectivity index (χ1v) is 7.77. The monoisotopic (exact) mass is 383 g/mol. The number of thiocarbonyl (C=S) groups is 1. The van der Waals surface area contributed by atoms with Crippen molar-refractivity contribution in [3.63, 3.8) is 0 Å². The number of halogens is 2. The molecular weight excluding hydrogens is 373 g/mol. The highest BCUT2D eigenvalue weighted by Crippen LogP contribution is 2.30. The quantitative estimate of drug-likeness (QED) is 0.467. The van der Waals surface area contributed by atoms with Crippen LogP contribution < -0.4 is 10.6 Å². The molecule has 1 amide bonds. The van der Waals surface area contributed by atoms with Crippen LogP contribution in [0.2, 0.25) is 10.0 Å². The number of anilines is 1. The highest BCUT2D eigenvalue weighted by molar-refractivity contribution is 7.80. The first-order valence-electron chi connectivity index (χ1n) is 6.60. The molecule has 2 rings (SSSR count). The van der Waals surface area contributed by atoms with E-state index in [1.165, 1.54) is 12.1 Å². The smallest absolute Gasteiger partial charge is 0.288 e. The number of amides is 1. The minimum atomic E-state index is -0.570. The summed E-state index contributed by atoms with van der Waals surface area (Å²) in [7, 11) is 0. The molecule has 2 aromatic carbocycles. The number of carbonyl (C=O) groups excluding carboxylic acids is 1. The van der Waals surface area contributed by atoms with Crippen molar-refractivity contribution in [2.24, 2.45) is 0 Å². The van der Waals surface area contributed by atoms with Crippen molar-refractivity contribution in [2.75, 3.05) is 5.32 Å². The second kappa shape index (κ2) is 7.57. The molecule has 0 radical (unpaired) electrons. The maximum absolute atomic E-state index is 12.1. The third-order valence-corrected chi connectivity index (χ3v) is 3.83. The van der Waals surface area contributed by atoms with Gasteiger partial charge < -0.3 is 5.32 Å². The van der Waals surface area contributed by atoms with Crippen LogP contribution in [0.1, 0.15) is 15.9 Å². The van der Waals surface area contributed by atoms with Gasteiger partial charge in [0.05, 0.1) is 4.92 Å². The van der Waals surface area contributed by atoms with Gasteiger partial charge in [-0.1, -0.05) is 23.2 Å². The van der Waals surface area contributed by atoms with Crippen molar-refractivity contribution in [3.05, 3.63) is 67.7 Å². The average Bonchev–Trinajstić information content (AvgIpc) is 2.50. The van der Waals surface area contributed by atoms with Gasteiger partial charge >= 0.3 is 0 Å². The van der Waals surface area contributed by atoms with Gasteiger partial charge in [-0.2, -0.15) is 0 Å². The molecule has 0 heterocycles. The van der Waals surface area contributed by atoms with E-state index in [9.17, 15) is 14.9 Å². The predicted octanol–water partition coefficient (Wildman–Crippen LogP) is 4.34. The fourth-order valence-corrected chi connectivity index (χ4v) is 2.43. The zero-order valence-electron chi connectivity index (χ0n) is 12.3. The van der Waals surface area contributed by atoms with Crippen molar-refractivity contribution in [1.82, 2.24) is 5.32 Å². The first-order chi connectivity index (χ1) is 11.3. The molecule has 124 valence electrons. The number of nitrogens with one attached hydrogen (secondary N) is 2. The molecule has 0 atom stereocenters. The van der Waals surface area contributed by atoms with Crippen LogP contribution in [0, 0.1) is 17.0 Å². The molecule has 0 fully saturated rings. The van der Waals surface area contributed by atoms with Crippen LogP contribution in [-0.4, -0.2) is 15.9 Å². The van der Waals surface area contributed by atoms with Gasteiger partial charge in [-0.15, -0.1) is 0 Å². The normalized spacial score (nSPS) is 10.1. The molecule has 6 nitrogen and oxygen atoms in total. The zero-order valence-corrected chi connectivity index (χ0v) is 14.6. The highest BCUT2D eigenvalue weighted by atomic mass is 35.5. The van der Waals surface area contributed by atoms with E-state index in [0.29, 0.717) is 21.8 Å². The number of hydrogen-bond donors (Lipinski definition) is 2. The van der Waals surface area contributed by atoms with Crippen LogP contribution >= 0.6 is 35.4 Å². The Kier molecular flexibility index (Phi) is 5.71. The van der Waals surface area contributed by atoms with Crippen LogP contribution in [0.3, 0.4) is 0 Å². The standard InChI is InChI=1S/C15H11Cl2N3O3S/c1-8-6-13(20(22)23)11(17)7-12(8)18-15(24)19-14(21)9-2-4-10(16)5-3-9/h2-7H,1H3,(H2,18,19,21,24). The Morgan fingerprint density at radius 3 is 2.42 bits per heavy atom. The average molecular weight is 384 g/mol. The molecule has 0 aliphatic carbocycles. The summed E-state index contributed by atoms with van der Waals surface area (Å²) in [5, 5.41) is 16.7. The summed E-state index contributed by atoms with van der Waals surface area (Å²) < 4.78 is 0. The van der Waals surface area contributed by atoms with E-state index in [2.05, 4.69) is 10.6 Å². The van der Waals surface area contributed by atoms with E-state index >= 15 is 0 Å². The minimum absolute atomic E-state index is 0.0278. The van der Waals surface area contributed by atoms with E-state index < -0.39 is 10.8 Å². The van der Waals surface area contributed by atoms with Gasteiger partial charge in [0.15, 0.2) is 5.11 Å². The Labute approximate surface area is 152 Å². The van der Waals surface area contributed by atoms with Gasteiger partial charge in [0.25, 0.3) is 11.6 Å². The molecule has 2 aromatic rings. The van der Waals surface area contributed by atoms with E-state index in [1.54, 1.807) is 31.2 Å². The lowest BCUT2D eigenvalue weighted by Crippen LogP contribution is -2.34. The molecule has 0 saturated heterocycles. The SMILES string of the molecule is Cc1cc([N+](=O)[O-])c(Cl)cc1NC(=S)NC(=O)c1ccc(Cl)cc1. The maximum Gasteiger partial charge on any atom is 0.288 e. The van der Waals surface area contributed by atoms with Gasteiger partial charge in [0.2, 0.25) is 0 Å². The summed E-state index contributed by atoms with van der Waals surface area (Å²) in [6.45, 7) is 1.66. The van der Waals surface area contributed by atoms with Gasteiger partial charge in [-0.05, 0) is 55.0 Å². The fraction of sp³-hybridized carbons (Fsp3) is 0.0667. The third-order valence-electron chi connectivity index (χ3n) is 3.07. The summed E-state index contributed by atoms with van der Waals surface area (Å²) in [6.07, 6.45) is 0. The number of benzene rings is 2. The van der Waals surface area contributed by atoms with Crippen LogP contribution in [0.25, 0.3) is 0 Å². The van der Waals surface area contributed by atoms with Gasteiger partial charge in [-0.25, -0.2) is 0 Å². The number of nitro benzene ring substituents is 1. The minimum Gasteiger partial charge on any atom is -0.332 e. The van der Waals surface area contributed by atoms with Crippen molar-refractivity contribution in [3.8, 4) is 0 Å². The first kappa shape index (κ1) is 18.1. The highest BCUT2D eigenvalue weighted by Gasteiger charge is 2.16. The van der Waals surface area contributed by atoms with E-state index in [4.69, 9.17) is 35.4 Å². The van der Waals surface area contributed by atoms with Crippen molar-refractivity contribution in [1.29, 1.82) is 0 Å². The molecule has 0 saturated carbocycles. The van der Waals surface area contributed by atoms with E-state index in [-0.39, 0.29) is 15.8 Å². The van der Waals surface area contributed by atoms with E-state index in [0.717, 1.165) is 0 Å². The summed E-state index contributed by atoms with van der Waals surface area (Å²) in [5.74, 6) is -0.408. The lowest BCUT2D eigenvalue weighted by molar-refractivity contribution is -0.384. The zero-order chi connectivity index (χ0) is 17.9. The van der Waals surface area contributed by atoms with Crippen molar-refractivity contribution >= 4 is 57.8 Å². The summed E-state index contributed by atoms with van der Waals surface area (Å²) in [4.78, 5) is 22.3. The number of nitro groups is 1. The topological polar surface area (TPSA) is 84.3 Å². The van der Waals surface area contributed by atoms with Crippen LogP contribution in [-0.2, 0) is 0 Å². The molecule has 0 aromatic heterocycles. The van der Waals surface area contributed by atoms with Crippen molar-refractivity contribution < 1.29 is 9.72 Å². The lowest BCUT2D eigenvalue weighted by Gasteiger charge is -2.12. The fourth-order valence-electron chi connectivity index (χ4n) is 1.87. The molecular formula is C15H11Cl2N3O3S. The van der Waals surface area contributed by atoms with Crippen LogP contribution in [0.15, 0.2) is 36.4 Å². The Hall–Kier alpha value is -2.22.